The summed E-state index contributed by atoms with van der Waals surface area (Å²) < 4.78 is 5.07. The molecule has 2 bridgehead atoms. The molecule has 3 aliphatic heterocycles. The maximum absolute atomic E-state index is 11.8. The van der Waals surface area contributed by atoms with Crippen molar-refractivity contribution in [2.45, 2.75) is 51.0 Å². The molecule has 0 spiro atoms. The predicted octanol–water partition coefficient (Wildman–Crippen LogP) is 3.28. The molecule has 3 fully saturated rings. The highest BCUT2D eigenvalue weighted by molar-refractivity contribution is 5.70. The van der Waals surface area contributed by atoms with Gasteiger partial charge in [0.2, 0.25) is 0 Å². The summed E-state index contributed by atoms with van der Waals surface area (Å²) in [6.45, 7) is 10.9. The maximum Gasteiger partial charge on any atom is 0.306 e. The summed E-state index contributed by atoms with van der Waals surface area (Å²) in [6, 6.07) is 6.14. The van der Waals surface area contributed by atoms with Crippen molar-refractivity contribution in [3.63, 3.8) is 0 Å². The lowest BCUT2D eigenvalue weighted by Crippen LogP contribution is -2.58. The number of hydrogen-bond acceptors (Lipinski definition) is 4. The second-order valence-corrected chi connectivity index (χ2v) is 8.04. The van der Waals surface area contributed by atoms with Crippen molar-refractivity contribution >= 4 is 5.97 Å². The zero-order valence-corrected chi connectivity index (χ0v) is 17.0. The number of carbonyl (C=O) groups is 1. The van der Waals surface area contributed by atoms with E-state index in [4.69, 9.17) is 4.74 Å². The fourth-order valence-corrected chi connectivity index (χ4v) is 4.31. The summed E-state index contributed by atoms with van der Waals surface area (Å²) in [5, 5.41) is 11.0. The van der Waals surface area contributed by atoms with Crippen LogP contribution in [-0.2, 0) is 16.0 Å². The van der Waals surface area contributed by atoms with Gasteiger partial charge in [0.05, 0.1) is 13.0 Å². The highest BCUT2D eigenvalue weighted by Crippen LogP contribution is 2.35. The Morgan fingerprint density at radius 1 is 1.46 bits per heavy atom. The van der Waals surface area contributed by atoms with Crippen LogP contribution in [0, 0.1) is 17.8 Å². The first kappa shape index (κ1) is 20.6. The molecule has 1 aromatic carbocycles. The fourth-order valence-electron chi connectivity index (χ4n) is 4.31. The molecule has 150 valence electrons. The smallest absolute Gasteiger partial charge is 0.306 e. The number of fused-ring (bicyclic) bond motifs is 3. The lowest BCUT2D eigenvalue weighted by Gasteiger charge is -2.47. The van der Waals surface area contributed by atoms with Crippen molar-refractivity contribution in [3.8, 4) is 11.8 Å². The van der Waals surface area contributed by atoms with E-state index in [9.17, 15) is 9.90 Å². The van der Waals surface area contributed by atoms with E-state index in [1.54, 1.807) is 0 Å². The summed E-state index contributed by atoms with van der Waals surface area (Å²) in [5.41, 5.74) is 2.20. The molecule has 0 aliphatic carbocycles. The molecular weight excluding hydrogens is 350 g/mol. The number of aliphatic hydroxyl groups is 1. The standard InChI is InChI=1S/C24H31NO3/c1-4-6-21-16-20(18(3)15-23(26)28-5-2)8-7-19(21)9-12-24(27)17-25-13-10-22(24)11-14-25/h4,7-8,16,18,22,27H,1,5-6,10-11,13-15,17H2,2-3H3. The highest BCUT2D eigenvalue weighted by atomic mass is 16.5. The molecule has 3 heterocycles. The van der Waals surface area contributed by atoms with Crippen molar-refractivity contribution in [1.82, 2.24) is 4.90 Å². The Kier molecular flexibility index (Phi) is 6.59. The van der Waals surface area contributed by atoms with E-state index in [2.05, 4.69) is 29.4 Å². The van der Waals surface area contributed by atoms with Gasteiger partial charge in [-0.05, 0) is 62.4 Å². The van der Waals surface area contributed by atoms with E-state index in [1.165, 1.54) is 0 Å². The van der Waals surface area contributed by atoms with Crippen molar-refractivity contribution in [3.05, 3.63) is 47.5 Å². The summed E-state index contributed by atoms with van der Waals surface area (Å²) in [6.07, 6.45) is 4.98. The molecule has 3 aliphatic rings. The molecular formula is C24H31NO3. The van der Waals surface area contributed by atoms with E-state index in [-0.39, 0.29) is 17.8 Å². The Morgan fingerprint density at radius 2 is 2.21 bits per heavy atom. The molecule has 2 unspecified atom stereocenters. The van der Waals surface area contributed by atoms with Gasteiger partial charge in [0.1, 0.15) is 5.60 Å². The van der Waals surface area contributed by atoms with Gasteiger partial charge in [-0.1, -0.05) is 37.0 Å². The molecule has 3 saturated heterocycles. The number of benzene rings is 1. The average Bonchev–Trinajstić information content (AvgIpc) is 2.68. The molecule has 0 saturated carbocycles. The zero-order chi connectivity index (χ0) is 20.1. The summed E-state index contributed by atoms with van der Waals surface area (Å²) in [7, 11) is 0. The van der Waals surface area contributed by atoms with Crippen molar-refractivity contribution < 1.29 is 14.6 Å². The van der Waals surface area contributed by atoms with E-state index in [1.807, 2.05) is 32.1 Å². The van der Waals surface area contributed by atoms with E-state index in [0.717, 1.165) is 42.6 Å². The molecule has 4 nitrogen and oxygen atoms in total. The van der Waals surface area contributed by atoms with E-state index in [0.29, 0.717) is 26.0 Å². The first-order chi connectivity index (χ1) is 13.4. The van der Waals surface area contributed by atoms with Crippen LogP contribution in [-0.4, -0.2) is 47.8 Å². The lowest BCUT2D eigenvalue weighted by atomic mass is 9.75. The second-order valence-electron chi connectivity index (χ2n) is 8.04. The van der Waals surface area contributed by atoms with Crippen LogP contribution >= 0.6 is 0 Å². The number of nitrogens with zero attached hydrogens (tertiary/aromatic N) is 1. The lowest BCUT2D eigenvalue weighted by molar-refractivity contribution is -0.143. The van der Waals surface area contributed by atoms with Crippen LogP contribution in [0.4, 0.5) is 0 Å². The number of rotatable bonds is 6. The number of esters is 1. The van der Waals surface area contributed by atoms with Crippen LogP contribution in [0.1, 0.15) is 55.7 Å². The predicted molar refractivity (Wildman–Crippen MR) is 111 cm³/mol. The molecule has 4 rings (SSSR count). The first-order valence-corrected chi connectivity index (χ1v) is 10.3. The van der Waals surface area contributed by atoms with Gasteiger partial charge in [0, 0.05) is 18.0 Å². The van der Waals surface area contributed by atoms with Crippen LogP contribution in [0.5, 0.6) is 0 Å². The average molecular weight is 382 g/mol. The number of carbonyl (C=O) groups excluding carboxylic acids is 1. The van der Waals surface area contributed by atoms with Crippen molar-refractivity contribution in [2.75, 3.05) is 26.2 Å². The summed E-state index contributed by atoms with van der Waals surface area (Å²) in [4.78, 5) is 14.1. The molecule has 0 amide bonds. The Labute approximate surface area is 168 Å². The minimum Gasteiger partial charge on any atom is -0.466 e. The third kappa shape index (κ3) is 4.66. The molecule has 1 aromatic rings. The summed E-state index contributed by atoms with van der Waals surface area (Å²) >= 11 is 0. The molecule has 28 heavy (non-hydrogen) atoms. The normalized spacial score (nSPS) is 26.8. The number of hydrogen-bond donors (Lipinski definition) is 1. The van der Waals surface area contributed by atoms with Gasteiger partial charge in [-0.2, -0.15) is 0 Å². The van der Waals surface area contributed by atoms with E-state index < -0.39 is 5.60 Å². The topological polar surface area (TPSA) is 49.8 Å². The maximum atomic E-state index is 11.8. The van der Waals surface area contributed by atoms with Crippen LogP contribution < -0.4 is 0 Å². The third-order valence-corrected chi connectivity index (χ3v) is 5.98. The van der Waals surface area contributed by atoms with Crippen LogP contribution in [0.3, 0.4) is 0 Å². The van der Waals surface area contributed by atoms with Crippen LogP contribution in [0.15, 0.2) is 30.9 Å². The first-order valence-electron chi connectivity index (χ1n) is 10.3. The third-order valence-electron chi connectivity index (χ3n) is 5.98. The molecule has 0 radical (unpaired) electrons. The summed E-state index contributed by atoms with van der Waals surface area (Å²) in [5.74, 6) is 6.63. The van der Waals surface area contributed by atoms with Gasteiger partial charge < -0.3 is 9.84 Å². The minimum absolute atomic E-state index is 0.0793. The Hall–Kier alpha value is -2.09. The van der Waals surface area contributed by atoms with Gasteiger partial charge in [-0.25, -0.2) is 0 Å². The Balaban J connectivity index is 1.80. The second kappa shape index (κ2) is 8.94. The van der Waals surface area contributed by atoms with E-state index >= 15 is 0 Å². The highest BCUT2D eigenvalue weighted by Gasteiger charge is 2.44. The molecule has 2 atom stereocenters. The quantitative estimate of drug-likeness (QED) is 0.467. The Morgan fingerprint density at radius 3 is 2.82 bits per heavy atom. The Bertz CT molecular complexity index is 783. The SMILES string of the molecule is C=CCc1cc(C(C)CC(=O)OCC)ccc1C#CC1(O)CN2CCC1CC2. The van der Waals surface area contributed by atoms with Gasteiger partial charge in [-0.3, -0.25) is 9.69 Å². The zero-order valence-electron chi connectivity index (χ0n) is 17.0. The number of allylic oxidation sites excluding steroid dienone is 1. The van der Waals surface area contributed by atoms with Crippen molar-refractivity contribution in [1.29, 1.82) is 0 Å². The van der Waals surface area contributed by atoms with Gasteiger partial charge in [0.25, 0.3) is 0 Å². The van der Waals surface area contributed by atoms with Gasteiger partial charge in [0.15, 0.2) is 0 Å². The number of piperidine rings is 3. The van der Waals surface area contributed by atoms with Crippen LogP contribution in [0.2, 0.25) is 0 Å². The molecule has 1 N–H and O–H groups in total. The van der Waals surface area contributed by atoms with Gasteiger partial charge >= 0.3 is 5.97 Å². The van der Waals surface area contributed by atoms with Crippen molar-refractivity contribution in [2.24, 2.45) is 5.92 Å². The molecule has 4 heteroatoms. The molecule has 0 aromatic heterocycles. The largest absolute Gasteiger partial charge is 0.466 e. The van der Waals surface area contributed by atoms with Gasteiger partial charge in [-0.15, -0.1) is 6.58 Å². The monoisotopic (exact) mass is 381 g/mol. The fraction of sp³-hybridized carbons (Fsp3) is 0.542. The minimum atomic E-state index is -0.905. The van der Waals surface area contributed by atoms with Crippen LogP contribution in [0.25, 0.3) is 0 Å². The number of ether oxygens (including phenoxy) is 1.